The molecule has 0 rings (SSSR count). The van der Waals surface area contributed by atoms with Gasteiger partial charge in [0.1, 0.15) is 6.10 Å². The van der Waals surface area contributed by atoms with Crippen LogP contribution in [0.15, 0.2) is 36.5 Å². The van der Waals surface area contributed by atoms with Crippen LogP contribution in [0.2, 0.25) is 0 Å². The molecule has 0 radical (unpaired) electrons. The number of carbonyl (C=O) groups excluding carboxylic acids is 2. The van der Waals surface area contributed by atoms with E-state index in [4.69, 9.17) is 4.74 Å². The average Bonchev–Trinajstić information content (AvgIpc) is 3.19. The van der Waals surface area contributed by atoms with Crippen LogP contribution in [0, 0.1) is 0 Å². The number of hydrogen-bond acceptors (Lipinski definition) is 5. The third-order valence-electron chi connectivity index (χ3n) is 11.0. The minimum atomic E-state index is -0.789. The van der Waals surface area contributed by atoms with Crippen molar-refractivity contribution in [1.29, 1.82) is 0 Å². The van der Waals surface area contributed by atoms with Gasteiger partial charge < -0.3 is 20.3 Å². The Kier molecular flexibility index (Phi) is 42.7. The number of esters is 1. The van der Waals surface area contributed by atoms with Gasteiger partial charge in [0.15, 0.2) is 0 Å². The van der Waals surface area contributed by atoms with Crippen LogP contribution < -0.4 is 5.32 Å². The van der Waals surface area contributed by atoms with E-state index >= 15 is 0 Å². The van der Waals surface area contributed by atoms with Crippen LogP contribution in [0.25, 0.3) is 0 Å². The summed E-state index contributed by atoms with van der Waals surface area (Å²) in [5.41, 5.74) is 0. The van der Waals surface area contributed by atoms with E-state index in [0.29, 0.717) is 19.3 Å². The Morgan fingerprint density at radius 3 is 1.45 bits per heavy atom. The smallest absolute Gasteiger partial charge is 0.306 e. The summed E-state index contributed by atoms with van der Waals surface area (Å²) < 4.78 is 5.91. The van der Waals surface area contributed by atoms with E-state index in [1.807, 2.05) is 0 Å². The first-order valence-corrected chi connectivity index (χ1v) is 24.2. The molecule has 0 fully saturated rings. The maximum Gasteiger partial charge on any atom is 0.306 e. The fourth-order valence-electron chi connectivity index (χ4n) is 7.37. The molecular weight excluding hydrogens is 695 g/mol. The van der Waals surface area contributed by atoms with E-state index in [9.17, 15) is 19.8 Å². The van der Waals surface area contributed by atoms with Crippen LogP contribution in [0.3, 0.4) is 0 Å². The molecular formula is C50H93NO5. The number of allylic oxidation sites excluding steroid dienone is 6. The first-order valence-electron chi connectivity index (χ1n) is 24.2. The third-order valence-corrected chi connectivity index (χ3v) is 11.0. The quantitative estimate of drug-likeness (QED) is 0.0325. The van der Waals surface area contributed by atoms with E-state index in [-0.39, 0.29) is 24.9 Å². The van der Waals surface area contributed by atoms with Crippen molar-refractivity contribution < 1.29 is 24.5 Å². The zero-order valence-corrected chi connectivity index (χ0v) is 37.3. The molecule has 6 heteroatoms. The zero-order valence-electron chi connectivity index (χ0n) is 37.3. The highest BCUT2D eigenvalue weighted by molar-refractivity contribution is 5.77. The molecule has 0 aliphatic rings. The summed E-state index contributed by atoms with van der Waals surface area (Å²) in [6, 6.07) is -0.704. The summed E-state index contributed by atoms with van der Waals surface area (Å²) in [5.74, 6) is -0.487. The molecule has 0 aliphatic carbocycles. The highest BCUT2D eigenvalue weighted by atomic mass is 16.5. The molecule has 3 unspecified atom stereocenters. The van der Waals surface area contributed by atoms with Crippen molar-refractivity contribution in [3.63, 3.8) is 0 Å². The third kappa shape index (κ3) is 38.9. The van der Waals surface area contributed by atoms with Gasteiger partial charge in [-0.2, -0.15) is 0 Å². The zero-order chi connectivity index (χ0) is 41.0. The molecule has 0 aliphatic heterocycles. The highest BCUT2D eigenvalue weighted by Crippen LogP contribution is 2.18. The Morgan fingerprint density at radius 1 is 0.536 bits per heavy atom. The largest absolute Gasteiger partial charge is 0.462 e. The molecule has 3 atom stereocenters. The number of aliphatic hydroxyl groups excluding tert-OH is 2. The van der Waals surface area contributed by atoms with Gasteiger partial charge >= 0.3 is 5.97 Å². The molecule has 3 N–H and O–H groups in total. The molecule has 1 amide bonds. The summed E-state index contributed by atoms with van der Waals surface area (Å²) in [7, 11) is 0. The Hall–Kier alpha value is -1.92. The van der Waals surface area contributed by atoms with Gasteiger partial charge in [-0.3, -0.25) is 9.59 Å². The van der Waals surface area contributed by atoms with E-state index in [0.717, 1.165) is 83.5 Å². The monoisotopic (exact) mass is 788 g/mol. The SMILES string of the molecule is CC/C=C/C=C/C=C/CCCCCCCC(CC(=O)NC(CO)C(O)CCCCCCCCCCCCC)OC(=O)CCCCCCCCCCCCCCC. The van der Waals surface area contributed by atoms with Crippen molar-refractivity contribution in [2.75, 3.05) is 6.61 Å². The van der Waals surface area contributed by atoms with E-state index in [2.05, 4.69) is 62.5 Å². The number of rotatable bonds is 43. The molecule has 56 heavy (non-hydrogen) atoms. The van der Waals surface area contributed by atoms with E-state index in [1.54, 1.807) is 0 Å². The van der Waals surface area contributed by atoms with Gasteiger partial charge in [0.2, 0.25) is 5.91 Å². The maximum atomic E-state index is 13.1. The van der Waals surface area contributed by atoms with Crippen molar-refractivity contribution in [2.24, 2.45) is 0 Å². The second-order valence-electron chi connectivity index (χ2n) is 16.6. The van der Waals surface area contributed by atoms with Gasteiger partial charge in [0.25, 0.3) is 0 Å². The Bertz CT molecular complexity index is 930. The fourth-order valence-corrected chi connectivity index (χ4v) is 7.37. The first kappa shape index (κ1) is 54.1. The minimum absolute atomic E-state index is 0.0672. The summed E-state index contributed by atoms with van der Waals surface area (Å²) in [5, 5.41) is 23.7. The standard InChI is InChI=1S/C50H93NO5/c1-4-7-10-13-16-19-22-24-27-29-32-35-38-41-46(56-50(55)43-40-37-34-31-28-25-23-20-17-14-11-8-5-2)44-49(54)51-47(45-52)48(53)42-39-36-33-30-26-21-18-15-12-9-6-3/h7,10,13,16,19,22,46-48,52-53H,4-6,8-9,11-12,14-15,17-18,20-21,23-45H2,1-3H3,(H,51,54)/b10-7+,16-13+,22-19+. The first-order chi connectivity index (χ1) is 27.5. The minimum Gasteiger partial charge on any atom is -0.462 e. The van der Waals surface area contributed by atoms with Gasteiger partial charge in [0, 0.05) is 6.42 Å². The van der Waals surface area contributed by atoms with Crippen molar-refractivity contribution in [3.05, 3.63) is 36.5 Å². The molecule has 0 spiro atoms. The summed E-state index contributed by atoms with van der Waals surface area (Å²) in [4.78, 5) is 26.0. The number of hydrogen-bond donors (Lipinski definition) is 3. The molecule has 0 saturated carbocycles. The second-order valence-corrected chi connectivity index (χ2v) is 16.6. The molecule has 0 aromatic rings. The molecule has 0 bridgehead atoms. The predicted molar refractivity (Wildman–Crippen MR) is 241 cm³/mol. The van der Waals surface area contributed by atoms with E-state index in [1.165, 1.54) is 116 Å². The van der Waals surface area contributed by atoms with Gasteiger partial charge in [-0.05, 0) is 44.9 Å². The number of unbranched alkanes of at least 4 members (excludes halogenated alkanes) is 27. The van der Waals surface area contributed by atoms with Crippen LogP contribution in [0.1, 0.15) is 245 Å². The van der Waals surface area contributed by atoms with Crippen LogP contribution in [0.4, 0.5) is 0 Å². The molecule has 6 nitrogen and oxygen atoms in total. The number of amides is 1. The molecule has 328 valence electrons. The summed E-state index contributed by atoms with van der Waals surface area (Å²) in [6.45, 7) is 6.34. The van der Waals surface area contributed by atoms with Crippen molar-refractivity contribution in [3.8, 4) is 0 Å². The molecule has 0 aromatic carbocycles. The lowest BCUT2D eigenvalue weighted by atomic mass is 10.0. The lowest BCUT2D eigenvalue weighted by molar-refractivity contribution is -0.151. The fraction of sp³-hybridized carbons (Fsp3) is 0.840. The normalized spacial score (nSPS) is 13.6. The summed E-state index contributed by atoms with van der Waals surface area (Å²) >= 11 is 0. The van der Waals surface area contributed by atoms with Gasteiger partial charge in [0.05, 0.1) is 25.2 Å². The second kappa shape index (κ2) is 44.2. The van der Waals surface area contributed by atoms with E-state index < -0.39 is 18.2 Å². The number of carbonyl (C=O) groups is 2. The topological polar surface area (TPSA) is 95.9 Å². The van der Waals surface area contributed by atoms with Crippen LogP contribution in [-0.2, 0) is 14.3 Å². The van der Waals surface area contributed by atoms with Crippen molar-refractivity contribution in [2.45, 2.75) is 264 Å². The van der Waals surface area contributed by atoms with Crippen LogP contribution in [0.5, 0.6) is 0 Å². The van der Waals surface area contributed by atoms with Crippen LogP contribution >= 0.6 is 0 Å². The molecule has 0 heterocycles. The van der Waals surface area contributed by atoms with Gasteiger partial charge in [-0.25, -0.2) is 0 Å². The lowest BCUT2D eigenvalue weighted by Crippen LogP contribution is -2.46. The lowest BCUT2D eigenvalue weighted by Gasteiger charge is -2.24. The van der Waals surface area contributed by atoms with Crippen LogP contribution in [-0.4, -0.2) is 46.9 Å². The van der Waals surface area contributed by atoms with Crippen molar-refractivity contribution in [1.82, 2.24) is 5.32 Å². The Labute approximate surface area is 347 Å². The number of aliphatic hydroxyl groups is 2. The van der Waals surface area contributed by atoms with Crippen molar-refractivity contribution >= 4 is 11.9 Å². The van der Waals surface area contributed by atoms with Gasteiger partial charge in [-0.15, -0.1) is 0 Å². The summed E-state index contributed by atoms with van der Waals surface area (Å²) in [6.07, 6.45) is 50.6. The number of nitrogens with one attached hydrogen (secondary N) is 1. The average molecular weight is 788 g/mol. The molecule has 0 aromatic heterocycles. The molecule has 0 saturated heterocycles. The predicted octanol–water partition coefficient (Wildman–Crippen LogP) is 14.1. The Balaban J connectivity index is 4.60. The highest BCUT2D eigenvalue weighted by Gasteiger charge is 2.24. The Morgan fingerprint density at radius 2 is 0.964 bits per heavy atom. The van der Waals surface area contributed by atoms with Gasteiger partial charge in [-0.1, -0.05) is 224 Å². The number of ether oxygens (including phenoxy) is 1. The maximum absolute atomic E-state index is 13.1.